The first kappa shape index (κ1) is 28.4. The molecule has 1 aliphatic rings. The van der Waals surface area contributed by atoms with Crippen LogP contribution in [0.2, 0.25) is 0 Å². The average Bonchev–Trinajstić information content (AvgIpc) is 2.84. The fourth-order valence-corrected chi connectivity index (χ4v) is 5.81. The number of hydrogen-bond donors (Lipinski definition) is 6. The Morgan fingerprint density at radius 3 is 1.53 bits per heavy atom. The van der Waals surface area contributed by atoms with Crippen LogP contribution in [0.4, 0.5) is 11.4 Å². The van der Waals surface area contributed by atoms with E-state index in [1.165, 1.54) is 12.1 Å². The number of unbranched alkanes of at least 4 members (excludes halogenated alkanes) is 2. The number of fused-ring (bicyclic) bond motifs is 2. The van der Waals surface area contributed by atoms with Gasteiger partial charge in [-0.15, -0.1) is 0 Å². The molecule has 2 aromatic rings. The fraction of sp³-hybridized carbons (Fsp3) is 0.360. The first-order valence-electron chi connectivity index (χ1n) is 12.3. The molecule has 0 saturated carbocycles. The number of nitrogens with one attached hydrogen (secondary N) is 2. The maximum atomic E-state index is 13.5. The third-order valence-corrected chi connectivity index (χ3v) is 7.79. The quantitative estimate of drug-likeness (QED) is 0.110. The second kappa shape index (κ2) is 12.9. The maximum absolute atomic E-state index is 13.5. The summed E-state index contributed by atoms with van der Waals surface area (Å²) in [5, 5.41) is 5.52. The summed E-state index contributed by atoms with van der Waals surface area (Å²) in [6.07, 6.45) is 3.40. The molecule has 204 valence electrons. The van der Waals surface area contributed by atoms with Crippen LogP contribution in [0.1, 0.15) is 49.7 Å². The largest absolute Gasteiger partial charge is 0.370 e. The topological polar surface area (TPSA) is 221 Å². The van der Waals surface area contributed by atoms with Crippen molar-refractivity contribution in [2.75, 3.05) is 23.7 Å². The van der Waals surface area contributed by atoms with Crippen LogP contribution in [0.15, 0.2) is 56.2 Å². The van der Waals surface area contributed by atoms with Gasteiger partial charge < -0.3 is 33.6 Å². The lowest BCUT2D eigenvalue weighted by atomic mass is 10.0. The lowest BCUT2D eigenvalue weighted by Crippen LogP contribution is -2.23. The average molecular weight is 543 g/mol. The first-order chi connectivity index (χ1) is 18.1. The predicted molar refractivity (Wildman–Crippen MR) is 147 cm³/mol. The van der Waals surface area contributed by atoms with Crippen molar-refractivity contribution in [3.63, 3.8) is 0 Å². The predicted octanol–water partition coefficient (Wildman–Crippen LogP) is 1.19. The summed E-state index contributed by atoms with van der Waals surface area (Å²) in [4.78, 5) is 32.7. The molecule has 0 bridgehead atoms. The van der Waals surface area contributed by atoms with Crippen LogP contribution in [-0.2, 0) is 25.8 Å². The number of nitrogens with zero attached hydrogens (tertiary/aromatic N) is 2. The minimum Gasteiger partial charge on any atom is -0.370 e. The van der Waals surface area contributed by atoms with E-state index in [-0.39, 0.29) is 46.4 Å². The van der Waals surface area contributed by atoms with Crippen molar-refractivity contribution in [3.8, 4) is 0 Å². The molecule has 0 atom stereocenters. The van der Waals surface area contributed by atoms with Crippen molar-refractivity contribution in [2.24, 2.45) is 32.9 Å². The second-order valence-corrected chi connectivity index (χ2v) is 10.8. The number of guanidine groups is 2. The molecular weight excluding hydrogens is 508 g/mol. The van der Waals surface area contributed by atoms with Gasteiger partial charge in [-0.25, -0.2) is 8.42 Å². The van der Waals surface area contributed by atoms with E-state index in [1.54, 1.807) is 24.3 Å². The number of nitrogens with two attached hydrogens (primary N) is 4. The summed E-state index contributed by atoms with van der Waals surface area (Å²) < 4.78 is 27.0. The van der Waals surface area contributed by atoms with Crippen LogP contribution < -0.4 is 33.6 Å². The van der Waals surface area contributed by atoms with Gasteiger partial charge in [-0.2, -0.15) is 0 Å². The summed E-state index contributed by atoms with van der Waals surface area (Å²) >= 11 is 0. The van der Waals surface area contributed by atoms with Gasteiger partial charge in [-0.3, -0.25) is 19.6 Å². The molecule has 2 amide bonds. The molecule has 0 spiro atoms. The number of rotatable bonds is 12. The Hall–Kier alpha value is -4.13. The summed E-state index contributed by atoms with van der Waals surface area (Å²) in [5.74, 6) is -0.438. The van der Waals surface area contributed by atoms with E-state index in [2.05, 4.69) is 20.6 Å². The van der Waals surface area contributed by atoms with Crippen LogP contribution in [-0.4, -0.2) is 45.2 Å². The molecule has 0 unspecified atom stereocenters. The molecule has 0 saturated heterocycles. The van der Waals surface area contributed by atoms with Gasteiger partial charge in [-0.1, -0.05) is 12.1 Å². The van der Waals surface area contributed by atoms with E-state index in [0.29, 0.717) is 67.7 Å². The van der Waals surface area contributed by atoms with Crippen molar-refractivity contribution in [1.82, 2.24) is 0 Å². The number of carbonyl (C=O) groups is 2. The van der Waals surface area contributed by atoms with Crippen molar-refractivity contribution in [1.29, 1.82) is 0 Å². The Morgan fingerprint density at radius 1 is 0.711 bits per heavy atom. The standard InChI is InChI=1S/C25H34N8O4S/c26-24(27)30-11-3-1-5-22(34)32-18-9-7-16-13-17-8-10-19(15-21(17)38(36,37)20(16)14-18)33-23(35)6-2-4-12-31-25(28)29/h7-10,14-15H,1-6,11-13H2,(H,32,34)(H,33,35)(H4,26,27,30)(H4,28,29,31). The highest BCUT2D eigenvalue weighted by molar-refractivity contribution is 7.91. The zero-order valence-electron chi connectivity index (χ0n) is 21.1. The van der Waals surface area contributed by atoms with Crippen molar-refractivity contribution < 1.29 is 18.0 Å². The van der Waals surface area contributed by atoms with E-state index in [0.717, 1.165) is 0 Å². The molecule has 12 nitrogen and oxygen atoms in total. The van der Waals surface area contributed by atoms with Gasteiger partial charge in [0.15, 0.2) is 11.9 Å². The SMILES string of the molecule is NC(N)=NCCCCC(=O)Nc1ccc2c(c1)S(=O)(=O)c1cc(NC(=O)CCCCN=C(N)N)ccc1C2. The molecule has 38 heavy (non-hydrogen) atoms. The molecule has 1 aliphatic heterocycles. The van der Waals surface area contributed by atoms with Crippen LogP contribution in [0.3, 0.4) is 0 Å². The maximum Gasteiger partial charge on any atom is 0.224 e. The van der Waals surface area contributed by atoms with Gasteiger partial charge in [0.2, 0.25) is 21.7 Å². The van der Waals surface area contributed by atoms with Crippen molar-refractivity contribution >= 4 is 44.9 Å². The number of anilines is 2. The molecule has 13 heteroatoms. The van der Waals surface area contributed by atoms with Gasteiger partial charge >= 0.3 is 0 Å². The van der Waals surface area contributed by atoms with E-state index < -0.39 is 9.84 Å². The molecular formula is C25H34N8O4S. The zero-order valence-corrected chi connectivity index (χ0v) is 21.9. The molecule has 10 N–H and O–H groups in total. The fourth-order valence-electron chi connectivity index (χ4n) is 4.04. The second-order valence-electron chi connectivity index (χ2n) is 8.95. The van der Waals surface area contributed by atoms with Gasteiger partial charge in [0.05, 0.1) is 9.79 Å². The summed E-state index contributed by atoms with van der Waals surface area (Å²) in [5.41, 5.74) is 23.2. The van der Waals surface area contributed by atoms with Crippen LogP contribution in [0.25, 0.3) is 0 Å². The van der Waals surface area contributed by atoms with Crippen LogP contribution in [0, 0.1) is 0 Å². The lowest BCUT2D eigenvalue weighted by Gasteiger charge is -2.21. The summed E-state index contributed by atoms with van der Waals surface area (Å²) in [7, 11) is -3.86. The van der Waals surface area contributed by atoms with Gasteiger partial charge in [0, 0.05) is 43.7 Å². The Morgan fingerprint density at radius 2 is 1.13 bits per heavy atom. The van der Waals surface area contributed by atoms with Gasteiger partial charge in [0.25, 0.3) is 0 Å². The van der Waals surface area contributed by atoms with Crippen molar-refractivity contribution in [2.45, 2.75) is 54.7 Å². The van der Waals surface area contributed by atoms with E-state index >= 15 is 0 Å². The Labute approximate surface area is 221 Å². The number of aliphatic imine (C=N–C) groups is 2. The Kier molecular flexibility index (Phi) is 9.66. The number of benzene rings is 2. The minimum absolute atomic E-state index is 0.0109. The molecule has 2 aromatic carbocycles. The monoisotopic (exact) mass is 542 g/mol. The highest BCUT2D eigenvalue weighted by Crippen LogP contribution is 2.37. The van der Waals surface area contributed by atoms with Gasteiger partial charge in [-0.05, 0) is 61.1 Å². The summed E-state index contributed by atoms with van der Waals surface area (Å²) in [6, 6.07) is 9.76. The van der Waals surface area contributed by atoms with Crippen LogP contribution in [0.5, 0.6) is 0 Å². The van der Waals surface area contributed by atoms with E-state index in [1.807, 2.05) is 0 Å². The number of amides is 2. The van der Waals surface area contributed by atoms with Crippen molar-refractivity contribution in [3.05, 3.63) is 47.5 Å². The van der Waals surface area contributed by atoms with Gasteiger partial charge in [0.1, 0.15) is 0 Å². The highest BCUT2D eigenvalue weighted by Gasteiger charge is 2.30. The van der Waals surface area contributed by atoms with E-state index in [4.69, 9.17) is 22.9 Å². The normalized spacial score (nSPS) is 12.9. The Balaban J connectivity index is 1.64. The number of carbonyl (C=O) groups excluding carboxylic acids is 2. The third kappa shape index (κ3) is 7.93. The molecule has 0 aliphatic carbocycles. The van der Waals surface area contributed by atoms with E-state index in [9.17, 15) is 18.0 Å². The minimum atomic E-state index is -3.86. The molecule has 1 heterocycles. The zero-order chi connectivity index (χ0) is 27.7. The molecule has 3 rings (SSSR count). The highest BCUT2D eigenvalue weighted by atomic mass is 32.2. The third-order valence-electron chi connectivity index (χ3n) is 5.87. The van der Waals surface area contributed by atoms with Crippen LogP contribution >= 0.6 is 0 Å². The Bertz CT molecular complexity index is 1250. The number of sulfone groups is 1. The smallest absolute Gasteiger partial charge is 0.224 e. The summed E-state index contributed by atoms with van der Waals surface area (Å²) in [6.45, 7) is 0.877. The first-order valence-corrected chi connectivity index (χ1v) is 13.8. The number of hydrogen-bond acceptors (Lipinski definition) is 6. The molecule has 0 aromatic heterocycles. The molecule has 0 radical (unpaired) electrons. The lowest BCUT2D eigenvalue weighted by molar-refractivity contribution is -0.117. The molecule has 0 fully saturated rings.